The highest BCUT2D eigenvalue weighted by atomic mass is 16.4. The lowest BCUT2D eigenvalue weighted by Gasteiger charge is -2.06. The van der Waals surface area contributed by atoms with Crippen molar-refractivity contribution in [2.24, 2.45) is 4.99 Å². The van der Waals surface area contributed by atoms with Crippen LogP contribution in [0.3, 0.4) is 0 Å². The van der Waals surface area contributed by atoms with Crippen molar-refractivity contribution in [3.05, 3.63) is 36.2 Å². The highest BCUT2D eigenvalue weighted by molar-refractivity contribution is 6.12. The molecule has 5 N–H and O–H groups in total. The predicted molar refractivity (Wildman–Crippen MR) is 128 cm³/mol. The molecule has 1 amide bonds. The molecule has 0 radical (unpaired) electrons. The Labute approximate surface area is 189 Å². The lowest BCUT2D eigenvalue weighted by Crippen LogP contribution is -2.26. The Morgan fingerprint density at radius 3 is 2.91 bits per heavy atom. The second-order valence-corrected chi connectivity index (χ2v) is 7.36. The fourth-order valence-electron chi connectivity index (χ4n) is 3.57. The van der Waals surface area contributed by atoms with Crippen LogP contribution in [0.4, 0.5) is 11.8 Å². The van der Waals surface area contributed by atoms with Crippen LogP contribution in [-0.4, -0.2) is 50.4 Å². The molecule has 11 heteroatoms. The van der Waals surface area contributed by atoms with E-state index in [9.17, 15) is 4.79 Å². The number of aliphatic imine (C=N–C) groups is 1. The maximum atomic E-state index is 12.1. The van der Waals surface area contributed by atoms with Crippen LogP contribution in [0.25, 0.3) is 33.4 Å². The lowest BCUT2D eigenvalue weighted by molar-refractivity contribution is -0.116. The van der Waals surface area contributed by atoms with Crippen molar-refractivity contribution in [1.82, 2.24) is 30.0 Å². The number of rotatable bonds is 8. The SMILES string of the molecule is C/C=C(\C=NC)C(=O)NCCCCn1nc(-c2ccc3oc(N)nc3c2)c2c(N)ncnc21. The lowest BCUT2D eigenvalue weighted by atomic mass is 10.1. The summed E-state index contributed by atoms with van der Waals surface area (Å²) in [5, 5.41) is 8.34. The number of fused-ring (bicyclic) bond motifs is 2. The van der Waals surface area contributed by atoms with Crippen LogP contribution in [0.1, 0.15) is 19.8 Å². The van der Waals surface area contributed by atoms with E-state index in [1.165, 1.54) is 6.33 Å². The van der Waals surface area contributed by atoms with Crippen LogP contribution in [0, 0.1) is 0 Å². The number of anilines is 2. The van der Waals surface area contributed by atoms with E-state index in [-0.39, 0.29) is 11.9 Å². The van der Waals surface area contributed by atoms with E-state index >= 15 is 0 Å². The number of hydrogen-bond acceptors (Lipinski definition) is 9. The topological polar surface area (TPSA) is 163 Å². The molecular formula is C22H25N9O2. The van der Waals surface area contributed by atoms with Gasteiger partial charge in [-0.15, -0.1) is 0 Å². The molecule has 0 aliphatic carbocycles. The molecule has 33 heavy (non-hydrogen) atoms. The van der Waals surface area contributed by atoms with Crippen molar-refractivity contribution < 1.29 is 9.21 Å². The Morgan fingerprint density at radius 1 is 1.27 bits per heavy atom. The normalized spacial score (nSPS) is 12.2. The van der Waals surface area contributed by atoms with E-state index in [1.807, 2.05) is 16.8 Å². The van der Waals surface area contributed by atoms with E-state index in [4.69, 9.17) is 21.0 Å². The summed E-state index contributed by atoms with van der Waals surface area (Å²) in [6, 6.07) is 5.63. The molecule has 0 spiro atoms. The summed E-state index contributed by atoms with van der Waals surface area (Å²) in [6.45, 7) is 2.95. The smallest absolute Gasteiger partial charge is 0.292 e. The monoisotopic (exact) mass is 447 g/mol. The number of nitrogens with one attached hydrogen (secondary N) is 1. The zero-order chi connectivity index (χ0) is 23.4. The standard InChI is InChI=1S/C22H25N9O2/c1-3-13(11-25-2)21(32)26-8-4-5-9-31-20-17(19(23)27-12-28-20)18(30-31)14-6-7-16-15(10-14)29-22(24)33-16/h3,6-7,10-12H,4-5,8-9H2,1-2H3,(H2,24,29)(H,26,32)(H2,23,27,28)/b13-3+,25-11?. The Hall–Kier alpha value is -4.28. The number of aryl methyl sites for hydroxylation is 1. The molecule has 0 atom stereocenters. The number of nitrogens with zero attached hydrogens (tertiary/aromatic N) is 6. The van der Waals surface area contributed by atoms with Crippen molar-refractivity contribution in [3.63, 3.8) is 0 Å². The summed E-state index contributed by atoms with van der Waals surface area (Å²) in [6.07, 6.45) is 6.26. The van der Waals surface area contributed by atoms with Crippen LogP contribution in [0.15, 0.2) is 45.6 Å². The van der Waals surface area contributed by atoms with Gasteiger partial charge in [-0.1, -0.05) is 6.08 Å². The Kier molecular flexibility index (Phi) is 6.29. The third kappa shape index (κ3) is 4.52. The van der Waals surface area contributed by atoms with Crippen LogP contribution in [0.2, 0.25) is 0 Å². The molecule has 3 aromatic heterocycles. The van der Waals surface area contributed by atoms with Gasteiger partial charge in [0.25, 0.3) is 11.9 Å². The average molecular weight is 448 g/mol. The maximum Gasteiger partial charge on any atom is 0.292 e. The fourth-order valence-corrected chi connectivity index (χ4v) is 3.57. The van der Waals surface area contributed by atoms with E-state index in [0.717, 1.165) is 18.4 Å². The number of nitrogen functional groups attached to an aromatic ring is 2. The Bertz CT molecular complexity index is 1370. The third-order valence-electron chi connectivity index (χ3n) is 5.16. The minimum Gasteiger partial charge on any atom is -0.424 e. The first-order valence-corrected chi connectivity index (χ1v) is 10.5. The number of unbranched alkanes of at least 4 members (excludes halogenated alkanes) is 1. The predicted octanol–water partition coefficient (Wildman–Crippen LogP) is 2.34. The quantitative estimate of drug-likeness (QED) is 0.210. The molecule has 0 saturated carbocycles. The molecule has 0 bridgehead atoms. The zero-order valence-electron chi connectivity index (χ0n) is 18.4. The van der Waals surface area contributed by atoms with Crippen molar-refractivity contribution in [2.75, 3.05) is 25.1 Å². The van der Waals surface area contributed by atoms with Crippen molar-refractivity contribution in [3.8, 4) is 11.3 Å². The second-order valence-electron chi connectivity index (χ2n) is 7.36. The molecule has 4 rings (SSSR count). The second kappa shape index (κ2) is 9.47. The van der Waals surface area contributed by atoms with Gasteiger partial charge in [0.2, 0.25) is 0 Å². The van der Waals surface area contributed by atoms with Gasteiger partial charge >= 0.3 is 0 Å². The molecule has 11 nitrogen and oxygen atoms in total. The first-order valence-electron chi connectivity index (χ1n) is 10.5. The first kappa shape index (κ1) is 21.9. The van der Waals surface area contributed by atoms with Crippen molar-refractivity contribution in [1.29, 1.82) is 0 Å². The van der Waals surface area contributed by atoms with E-state index in [2.05, 4.69) is 25.3 Å². The average Bonchev–Trinajstić information content (AvgIpc) is 3.37. The zero-order valence-corrected chi connectivity index (χ0v) is 18.4. The number of aromatic nitrogens is 5. The first-order chi connectivity index (χ1) is 16.0. The summed E-state index contributed by atoms with van der Waals surface area (Å²) < 4.78 is 7.17. The fraction of sp³-hybridized carbons (Fsp3) is 0.273. The summed E-state index contributed by atoms with van der Waals surface area (Å²) >= 11 is 0. The molecule has 1 aromatic carbocycles. The number of hydrogen-bond donors (Lipinski definition) is 3. The highest BCUT2D eigenvalue weighted by Crippen LogP contribution is 2.32. The highest BCUT2D eigenvalue weighted by Gasteiger charge is 2.18. The summed E-state index contributed by atoms with van der Waals surface area (Å²) in [5.74, 6) is 0.212. The van der Waals surface area contributed by atoms with Crippen LogP contribution >= 0.6 is 0 Å². The molecule has 4 aromatic rings. The summed E-state index contributed by atoms with van der Waals surface area (Å²) in [5.41, 5.74) is 15.7. The molecule has 170 valence electrons. The van der Waals surface area contributed by atoms with Gasteiger partial charge in [0.05, 0.1) is 11.0 Å². The molecule has 0 aliphatic rings. The number of amides is 1. The van der Waals surface area contributed by atoms with Gasteiger partial charge in [-0.25, -0.2) is 14.6 Å². The number of benzene rings is 1. The summed E-state index contributed by atoms with van der Waals surface area (Å²) in [4.78, 5) is 28.7. The van der Waals surface area contributed by atoms with E-state index < -0.39 is 0 Å². The largest absolute Gasteiger partial charge is 0.424 e. The number of nitrogens with two attached hydrogens (primary N) is 2. The minimum atomic E-state index is -0.140. The van der Waals surface area contributed by atoms with Gasteiger partial charge in [0.1, 0.15) is 23.4 Å². The molecular weight excluding hydrogens is 422 g/mol. The van der Waals surface area contributed by atoms with Crippen LogP contribution in [0.5, 0.6) is 0 Å². The minimum absolute atomic E-state index is 0.107. The van der Waals surface area contributed by atoms with Gasteiger partial charge in [0.15, 0.2) is 11.2 Å². The Balaban J connectivity index is 1.51. The molecule has 0 aliphatic heterocycles. The number of oxazole rings is 1. The van der Waals surface area contributed by atoms with E-state index in [1.54, 1.807) is 32.3 Å². The Morgan fingerprint density at radius 2 is 2.12 bits per heavy atom. The van der Waals surface area contributed by atoms with Gasteiger partial charge < -0.3 is 21.2 Å². The van der Waals surface area contributed by atoms with E-state index in [0.29, 0.717) is 52.3 Å². The molecule has 0 saturated heterocycles. The maximum absolute atomic E-state index is 12.1. The molecule has 3 heterocycles. The third-order valence-corrected chi connectivity index (χ3v) is 5.16. The van der Waals surface area contributed by atoms with Gasteiger partial charge in [-0.2, -0.15) is 10.1 Å². The molecule has 0 fully saturated rings. The van der Waals surface area contributed by atoms with Crippen molar-refractivity contribution >= 4 is 46.1 Å². The van der Waals surface area contributed by atoms with Gasteiger partial charge in [0, 0.05) is 31.9 Å². The van der Waals surface area contributed by atoms with Gasteiger partial charge in [-0.3, -0.25) is 9.79 Å². The molecule has 0 unspecified atom stereocenters. The van der Waals surface area contributed by atoms with Crippen molar-refractivity contribution in [2.45, 2.75) is 26.3 Å². The van der Waals surface area contributed by atoms with Crippen LogP contribution in [-0.2, 0) is 11.3 Å². The van der Waals surface area contributed by atoms with Crippen LogP contribution < -0.4 is 16.8 Å². The summed E-state index contributed by atoms with van der Waals surface area (Å²) in [7, 11) is 1.63. The van der Waals surface area contributed by atoms with Gasteiger partial charge in [-0.05, 0) is 38.0 Å². The number of carbonyl (C=O) groups is 1. The number of carbonyl (C=O) groups excluding carboxylic acids is 1. The number of allylic oxidation sites excluding steroid dienone is 1.